The third kappa shape index (κ3) is 4.36. The van der Waals surface area contributed by atoms with E-state index in [0.29, 0.717) is 6.54 Å². The molecule has 0 fully saturated rings. The summed E-state index contributed by atoms with van der Waals surface area (Å²) >= 11 is 0. The Hall–Kier alpha value is -0.910. The Morgan fingerprint density at radius 3 is 2.36 bits per heavy atom. The van der Waals surface area contributed by atoms with Crippen LogP contribution in [0.5, 0.6) is 0 Å². The fraction of sp³-hybridized carbons (Fsp3) is 0.750. The van der Waals surface area contributed by atoms with Crippen LogP contribution in [0.3, 0.4) is 0 Å². The molecule has 0 aliphatic heterocycles. The van der Waals surface area contributed by atoms with Crippen LogP contribution in [0.4, 0.5) is 0 Å². The van der Waals surface area contributed by atoms with E-state index in [-0.39, 0.29) is 18.1 Å². The van der Waals surface area contributed by atoms with Crippen LogP contribution in [0, 0.1) is 0 Å². The van der Waals surface area contributed by atoms with Crippen molar-refractivity contribution in [2.75, 3.05) is 12.3 Å². The van der Waals surface area contributed by atoms with E-state index < -0.39 is 22.0 Å². The number of carboxylic acids is 1. The number of carbonyl (C=O) groups excluding carboxylic acids is 1. The van der Waals surface area contributed by atoms with Gasteiger partial charge in [-0.3, -0.25) is 13.8 Å². The fourth-order valence-corrected chi connectivity index (χ4v) is 2.11. The standard InChI is InChI=1S/C8H15NO4S/c1-3-6(8(11)12)14(13)5-7(10)9-4-2/h6H,3-5H2,1-2H3,(H,9,10)(H,11,12). The van der Waals surface area contributed by atoms with Crippen molar-refractivity contribution in [2.24, 2.45) is 0 Å². The number of rotatable bonds is 6. The predicted molar refractivity (Wildman–Crippen MR) is 53.4 cm³/mol. The number of hydrogen-bond acceptors (Lipinski definition) is 3. The third-order valence-corrected chi connectivity index (χ3v) is 3.33. The Kier molecular flexibility index (Phi) is 6.11. The first-order valence-corrected chi connectivity index (χ1v) is 5.77. The molecule has 2 atom stereocenters. The van der Waals surface area contributed by atoms with E-state index in [2.05, 4.69) is 5.32 Å². The molecule has 82 valence electrons. The van der Waals surface area contributed by atoms with Crippen molar-refractivity contribution in [3.8, 4) is 0 Å². The topological polar surface area (TPSA) is 83.5 Å². The van der Waals surface area contributed by atoms with E-state index in [9.17, 15) is 13.8 Å². The molecule has 5 nitrogen and oxygen atoms in total. The Morgan fingerprint density at radius 1 is 1.43 bits per heavy atom. The van der Waals surface area contributed by atoms with Crippen LogP contribution in [0.1, 0.15) is 20.3 Å². The van der Waals surface area contributed by atoms with Gasteiger partial charge in [-0.05, 0) is 13.3 Å². The SMILES string of the molecule is CCNC(=O)CS(=O)C(CC)C(=O)O. The van der Waals surface area contributed by atoms with Gasteiger partial charge in [0.15, 0.2) is 0 Å². The summed E-state index contributed by atoms with van der Waals surface area (Å²) in [5, 5.41) is 10.2. The Labute approximate surface area is 85.3 Å². The van der Waals surface area contributed by atoms with Crippen LogP contribution in [0.25, 0.3) is 0 Å². The lowest BCUT2D eigenvalue weighted by Crippen LogP contribution is -2.34. The van der Waals surface area contributed by atoms with E-state index >= 15 is 0 Å². The average Bonchev–Trinajstić information content (AvgIpc) is 2.04. The van der Waals surface area contributed by atoms with Gasteiger partial charge in [0.05, 0.1) is 0 Å². The minimum Gasteiger partial charge on any atom is -0.480 e. The molecule has 0 saturated heterocycles. The second-order valence-corrected chi connectivity index (χ2v) is 4.33. The maximum absolute atomic E-state index is 11.4. The highest BCUT2D eigenvalue weighted by molar-refractivity contribution is 7.87. The summed E-state index contributed by atoms with van der Waals surface area (Å²) in [4.78, 5) is 21.6. The molecule has 0 aromatic carbocycles. The zero-order valence-corrected chi connectivity index (χ0v) is 9.10. The molecule has 0 aromatic rings. The third-order valence-electron chi connectivity index (χ3n) is 1.61. The molecule has 0 spiro atoms. The van der Waals surface area contributed by atoms with Crippen molar-refractivity contribution in [1.82, 2.24) is 5.32 Å². The Morgan fingerprint density at radius 2 is 2.00 bits per heavy atom. The van der Waals surface area contributed by atoms with Crippen molar-refractivity contribution < 1.29 is 18.9 Å². The smallest absolute Gasteiger partial charge is 0.319 e. The second-order valence-electron chi connectivity index (χ2n) is 2.71. The van der Waals surface area contributed by atoms with Crippen molar-refractivity contribution in [3.63, 3.8) is 0 Å². The fourth-order valence-electron chi connectivity index (χ4n) is 0.951. The van der Waals surface area contributed by atoms with E-state index in [4.69, 9.17) is 5.11 Å². The minimum atomic E-state index is -1.63. The summed E-state index contributed by atoms with van der Waals surface area (Å²) in [5.74, 6) is -1.72. The molecule has 0 aromatic heterocycles. The zero-order valence-electron chi connectivity index (χ0n) is 8.28. The molecule has 14 heavy (non-hydrogen) atoms. The molecule has 0 saturated carbocycles. The highest BCUT2D eigenvalue weighted by Crippen LogP contribution is 2.02. The quantitative estimate of drug-likeness (QED) is 0.647. The first-order chi connectivity index (χ1) is 6.52. The molecule has 0 radical (unpaired) electrons. The lowest BCUT2D eigenvalue weighted by atomic mass is 10.3. The molecule has 1 amide bonds. The summed E-state index contributed by atoms with van der Waals surface area (Å²) < 4.78 is 11.4. The molecule has 0 aliphatic carbocycles. The van der Waals surface area contributed by atoms with Gasteiger partial charge >= 0.3 is 5.97 Å². The van der Waals surface area contributed by atoms with Gasteiger partial charge in [-0.15, -0.1) is 0 Å². The number of hydrogen-bond donors (Lipinski definition) is 2. The summed E-state index contributed by atoms with van der Waals surface area (Å²) in [6.45, 7) is 3.84. The summed E-state index contributed by atoms with van der Waals surface area (Å²) in [7, 11) is -1.63. The molecule has 0 bridgehead atoms. The van der Waals surface area contributed by atoms with E-state index in [1.807, 2.05) is 0 Å². The average molecular weight is 221 g/mol. The van der Waals surface area contributed by atoms with E-state index in [1.54, 1.807) is 13.8 Å². The van der Waals surface area contributed by atoms with Crippen molar-refractivity contribution in [1.29, 1.82) is 0 Å². The van der Waals surface area contributed by atoms with Gasteiger partial charge in [0.2, 0.25) is 5.91 Å². The summed E-state index contributed by atoms with van der Waals surface area (Å²) in [6, 6.07) is 0. The van der Waals surface area contributed by atoms with Crippen molar-refractivity contribution in [2.45, 2.75) is 25.5 Å². The number of carbonyl (C=O) groups is 2. The maximum atomic E-state index is 11.4. The van der Waals surface area contributed by atoms with Crippen LogP contribution in [-0.2, 0) is 20.4 Å². The molecule has 6 heteroatoms. The number of amides is 1. The van der Waals surface area contributed by atoms with Crippen LogP contribution >= 0.6 is 0 Å². The molecule has 2 N–H and O–H groups in total. The van der Waals surface area contributed by atoms with E-state index in [0.717, 1.165) is 0 Å². The normalized spacial score (nSPS) is 14.4. The first kappa shape index (κ1) is 13.1. The number of carboxylic acid groups (broad SMARTS) is 1. The van der Waals surface area contributed by atoms with Crippen LogP contribution in [0.15, 0.2) is 0 Å². The van der Waals surface area contributed by atoms with Gasteiger partial charge in [-0.2, -0.15) is 0 Å². The summed E-state index contributed by atoms with van der Waals surface area (Å²) in [5.41, 5.74) is 0. The van der Waals surface area contributed by atoms with Crippen LogP contribution in [0.2, 0.25) is 0 Å². The Balaban J connectivity index is 4.18. The van der Waals surface area contributed by atoms with Crippen LogP contribution < -0.4 is 5.32 Å². The highest BCUT2D eigenvalue weighted by Gasteiger charge is 2.24. The first-order valence-electron chi connectivity index (χ1n) is 4.39. The van der Waals surface area contributed by atoms with Crippen molar-refractivity contribution in [3.05, 3.63) is 0 Å². The van der Waals surface area contributed by atoms with Crippen LogP contribution in [-0.4, -0.2) is 38.7 Å². The molecule has 2 unspecified atom stereocenters. The van der Waals surface area contributed by atoms with Gasteiger partial charge in [0.1, 0.15) is 11.0 Å². The molecule has 0 heterocycles. The predicted octanol–water partition coefficient (Wildman–Crippen LogP) is -0.266. The van der Waals surface area contributed by atoms with E-state index in [1.165, 1.54) is 0 Å². The monoisotopic (exact) mass is 221 g/mol. The zero-order chi connectivity index (χ0) is 11.1. The van der Waals surface area contributed by atoms with Gasteiger partial charge in [0.25, 0.3) is 0 Å². The molecule has 0 rings (SSSR count). The van der Waals surface area contributed by atoms with Gasteiger partial charge in [-0.25, -0.2) is 0 Å². The van der Waals surface area contributed by atoms with Crippen molar-refractivity contribution >= 4 is 22.7 Å². The largest absolute Gasteiger partial charge is 0.480 e. The number of aliphatic carboxylic acids is 1. The molecule has 0 aliphatic rings. The Bertz CT molecular complexity index is 241. The van der Waals surface area contributed by atoms with Gasteiger partial charge < -0.3 is 10.4 Å². The molecular formula is C8H15NO4S. The molecular weight excluding hydrogens is 206 g/mol. The second kappa shape index (κ2) is 6.53. The highest BCUT2D eigenvalue weighted by atomic mass is 32.2. The number of nitrogens with one attached hydrogen (secondary N) is 1. The minimum absolute atomic E-state index is 0.237. The maximum Gasteiger partial charge on any atom is 0.319 e. The lowest BCUT2D eigenvalue weighted by molar-refractivity contribution is -0.136. The summed E-state index contributed by atoms with van der Waals surface area (Å²) in [6.07, 6.45) is 0.265. The van der Waals surface area contributed by atoms with Gasteiger partial charge in [-0.1, -0.05) is 6.92 Å². The van der Waals surface area contributed by atoms with Gasteiger partial charge in [0, 0.05) is 17.3 Å². The lowest BCUT2D eigenvalue weighted by Gasteiger charge is -2.08.